The van der Waals surface area contributed by atoms with Crippen LogP contribution in [0.4, 0.5) is 0 Å². The lowest BCUT2D eigenvalue weighted by atomic mass is 10.1. The fourth-order valence-electron chi connectivity index (χ4n) is 1.68. The first kappa shape index (κ1) is 21.4. The first-order chi connectivity index (χ1) is 10.7. The molecule has 2 aromatic heterocycles. The van der Waals surface area contributed by atoms with Crippen molar-refractivity contribution in [3.05, 3.63) is 22.4 Å². The summed E-state index contributed by atoms with van der Waals surface area (Å²) in [6.45, 7) is 6.73. The van der Waals surface area contributed by atoms with Crippen molar-refractivity contribution >= 4 is 52.8 Å². The maximum atomic E-state index is 10.9. The predicted molar refractivity (Wildman–Crippen MR) is 104 cm³/mol. The van der Waals surface area contributed by atoms with Crippen molar-refractivity contribution in [2.45, 2.75) is 36.8 Å². The van der Waals surface area contributed by atoms with Crippen LogP contribution in [0.25, 0.3) is 10.6 Å². The van der Waals surface area contributed by atoms with E-state index in [1.165, 1.54) is 34.4 Å². The molecule has 134 valence electrons. The van der Waals surface area contributed by atoms with Gasteiger partial charge in [0, 0.05) is 23.2 Å². The average molecular weight is 409 g/mol. The third kappa shape index (κ3) is 6.70. The molecule has 5 nitrogen and oxygen atoms in total. The number of thiazole rings is 1. The van der Waals surface area contributed by atoms with Gasteiger partial charge in [-0.3, -0.25) is 0 Å². The van der Waals surface area contributed by atoms with Gasteiger partial charge in [-0.25, -0.2) is 9.78 Å². The number of thiophene rings is 1. The molecule has 0 radical (unpaired) electrons. The van der Waals surface area contributed by atoms with Crippen LogP contribution < -0.4 is 5.32 Å². The molecule has 0 fully saturated rings. The number of carbonyl (C=O) groups is 1. The number of thioether (sulfide) groups is 1. The SMILES string of the molecule is CC(C)(C)NCC(O)CSc1nc(-c2ccc(C(=O)O)s2)cs1.Cl. The molecule has 2 heterocycles. The summed E-state index contributed by atoms with van der Waals surface area (Å²) in [5, 5.41) is 24.1. The number of aliphatic hydroxyl groups excluding tert-OH is 1. The molecule has 0 saturated carbocycles. The number of rotatable bonds is 7. The second-order valence-electron chi connectivity index (χ2n) is 6.06. The van der Waals surface area contributed by atoms with Gasteiger partial charge in [0.25, 0.3) is 0 Å². The van der Waals surface area contributed by atoms with Crippen molar-refractivity contribution in [2.75, 3.05) is 12.3 Å². The first-order valence-electron chi connectivity index (χ1n) is 7.09. The summed E-state index contributed by atoms with van der Waals surface area (Å²) in [5.74, 6) is -0.346. The Kier molecular flexibility index (Phi) is 8.17. The highest BCUT2D eigenvalue weighted by Crippen LogP contribution is 2.32. The summed E-state index contributed by atoms with van der Waals surface area (Å²) in [6.07, 6.45) is -0.438. The third-order valence-corrected chi connectivity index (χ3v) is 6.08. The summed E-state index contributed by atoms with van der Waals surface area (Å²) < 4.78 is 0.875. The molecule has 0 bridgehead atoms. The van der Waals surface area contributed by atoms with Crippen molar-refractivity contribution in [1.29, 1.82) is 0 Å². The maximum absolute atomic E-state index is 10.9. The van der Waals surface area contributed by atoms with Crippen LogP contribution in [0.2, 0.25) is 0 Å². The third-order valence-electron chi connectivity index (χ3n) is 2.82. The Morgan fingerprint density at radius 3 is 2.71 bits per heavy atom. The van der Waals surface area contributed by atoms with E-state index in [-0.39, 0.29) is 17.9 Å². The van der Waals surface area contributed by atoms with Crippen LogP contribution in [-0.4, -0.2) is 45.1 Å². The van der Waals surface area contributed by atoms with Crippen molar-refractivity contribution in [1.82, 2.24) is 10.3 Å². The zero-order valence-corrected chi connectivity index (χ0v) is 16.9. The minimum Gasteiger partial charge on any atom is -0.477 e. The number of carboxylic acid groups (broad SMARTS) is 1. The zero-order valence-electron chi connectivity index (χ0n) is 13.6. The highest BCUT2D eigenvalue weighted by Gasteiger charge is 2.14. The number of carboxylic acids is 1. The standard InChI is InChI=1S/C15H20N2O3S3.ClH/c1-15(2,3)16-6-9(18)7-21-14-17-10(8-22-14)11-4-5-12(23-11)13(19)20;/h4-5,8-9,16,18H,6-7H2,1-3H3,(H,19,20);1H. The van der Waals surface area contributed by atoms with Crippen LogP contribution in [0.15, 0.2) is 21.9 Å². The summed E-state index contributed by atoms with van der Waals surface area (Å²) >= 11 is 4.24. The highest BCUT2D eigenvalue weighted by atomic mass is 35.5. The molecular weight excluding hydrogens is 388 g/mol. The molecule has 0 spiro atoms. The van der Waals surface area contributed by atoms with E-state index < -0.39 is 12.1 Å². The minimum atomic E-state index is -0.916. The molecule has 9 heteroatoms. The van der Waals surface area contributed by atoms with Crippen LogP contribution in [0.3, 0.4) is 0 Å². The Hall–Kier alpha value is -0.640. The van der Waals surface area contributed by atoms with Crippen LogP contribution in [0.5, 0.6) is 0 Å². The minimum absolute atomic E-state index is 0. The molecule has 2 aromatic rings. The lowest BCUT2D eigenvalue weighted by Crippen LogP contribution is -2.41. The molecule has 1 unspecified atom stereocenters. The molecule has 0 aliphatic carbocycles. The second-order valence-corrected chi connectivity index (χ2v) is 9.27. The summed E-state index contributed by atoms with van der Waals surface area (Å²) in [7, 11) is 0. The van der Waals surface area contributed by atoms with Crippen molar-refractivity contribution in [2.24, 2.45) is 0 Å². The van der Waals surface area contributed by atoms with E-state index in [0.717, 1.165) is 14.9 Å². The van der Waals surface area contributed by atoms with E-state index in [1.807, 2.05) is 5.38 Å². The predicted octanol–water partition coefficient (Wildman–Crippen LogP) is 3.83. The van der Waals surface area contributed by atoms with E-state index in [9.17, 15) is 9.90 Å². The van der Waals surface area contributed by atoms with Gasteiger partial charge in [0.05, 0.1) is 16.7 Å². The Morgan fingerprint density at radius 1 is 1.42 bits per heavy atom. The molecule has 0 aliphatic heterocycles. The summed E-state index contributed by atoms with van der Waals surface area (Å²) in [4.78, 5) is 16.6. The largest absolute Gasteiger partial charge is 0.477 e. The van der Waals surface area contributed by atoms with Gasteiger partial charge in [-0.2, -0.15) is 0 Å². The van der Waals surface area contributed by atoms with E-state index in [1.54, 1.807) is 12.1 Å². The number of nitrogens with one attached hydrogen (secondary N) is 1. The normalized spacial score (nSPS) is 12.7. The molecule has 24 heavy (non-hydrogen) atoms. The number of nitrogens with zero attached hydrogens (tertiary/aromatic N) is 1. The van der Waals surface area contributed by atoms with Gasteiger partial charge in [-0.15, -0.1) is 35.1 Å². The van der Waals surface area contributed by atoms with Crippen molar-refractivity contribution in [3.63, 3.8) is 0 Å². The van der Waals surface area contributed by atoms with E-state index >= 15 is 0 Å². The Balaban J connectivity index is 0.00000288. The van der Waals surface area contributed by atoms with Gasteiger partial charge >= 0.3 is 5.97 Å². The van der Waals surface area contributed by atoms with E-state index in [2.05, 4.69) is 31.1 Å². The lowest BCUT2D eigenvalue weighted by Gasteiger charge is -2.22. The van der Waals surface area contributed by atoms with Crippen LogP contribution in [-0.2, 0) is 0 Å². The Labute approximate surface area is 159 Å². The van der Waals surface area contributed by atoms with Gasteiger partial charge in [0.15, 0.2) is 4.34 Å². The van der Waals surface area contributed by atoms with Gasteiger partial charge in [-0.05, 0) is 32.9 Å². The molecule has 0 amide bonds. The number of hydrogen-bond donors (Lipinski definition) is 3. The number of aromatic carboxylic acids is 1. The molecular formula is C15H21ClN2O3S3. The number of halogens is 1. The monoisotopic (exact) mass is 408 g/mol. The maximum Gasteiger partial charge on any atom is 0.345 e. The van der Waals surface area contributed by atoms with Crippen LogP contribution in [0.1, 0.15) is 30.4 Å². The van der Waals surface area contributed by atoms with Crippen molar-refractivity contribution < 1.29 is 15.0 Å². The smallest absolute Gasteiger partial charge is 0.345 e. The molecule has 2 rings (SSSR count). The second kappa shape index (κ2) is 9.17. The Morgan fingerprint density at radius 2 is 2.12 bits per heavy atom. The number of aromatic nitrogens is 1. The van der Waals surface area contributed by atoms with Gasteiger partial charge in [0.2, 0.25) is 0 Å². The van der Waals surface area contributed by atoms with Crippen LogP contribution >= 0.6 is 46.8 Å². The molecule has 3 N–H and O–H groups in total. The van der Waals surface area contributed by atoms with Gasteiger partial charge in [-0.1, -0.05) is 11.8 Å². The zero-order chi connectivity index (χ0) is 17.0. The number of hydrogen-bond acceptors (Lipinski definition) is 7. The summed E-state index contributed by atoms with van der Waals surface area (Å²) in [6, 6.07) is 3.37. The quantitative estimate of drug-likeness (QED) is 0.604. The average Bonchev–Trinajstić information content (AvgIpc) is 3.10. The van der Waals surface area contributed by atoms with Crippen molar-refractivity contribution in [3.8, 4) is 10.6 Å². The lowest BCUT2D eigenvalue weighted by molar-refractivity contribution is 0.0702. The van der Waals surface area contributed by atoms with E-state index in [0.29, 0.717) is 17.2 Å². The number of β-amino-alcohol motifs (C(OH)–C–C–N with tert-alkyl or cyclic N) is 1. The van der Waals surface area contributed by atoms with Crippen LogP contribution in [0, 0.1) is 0 Å². The van der Waals surface area contributed by atoms with Gasteiger partial charge in [0.1, 0.15) is 4.88 Å². The highest BCUT2D eigenvalue weighted by molar-refractivity contribution is 8.01. The fourth-order valence-corrected chi connectivity index (χ4v) is 4.34. The molecule has 1 atom stereocenters. The molecule has 0 aromatic carbocycles. The Bertz CT molecular complexity index is 667. The topological polar surface area (TPSA) is 82.5 Å². The fraction of sp³-hybridized carbons (Fsp3) is 0.467. The number of aliphatic hydroxyl groups is 1. The summed E-state index contributed by atoms with van der Waals surface area (Å²) in [5.41, 5.74) is 0.776. The van der Waals surface area contributed by atoms with Gasteiger partial charge < -0.3 is 15.5 Å². The molecule has 0 aliphatic rings. The van der Waals surface area contributed by atoms with E-state index in [4.69, 9.17) is 5.11 Å². The molecule has 0 saturated heterocycles. The first-order valence-corrected chi connectivity index (χ1v) is 9.78.